The van der Waals surface area contributed by atoms with Crippen molar-refractivity contribution in [3.63, 3.8) is 0 Å². The van der Waals surface area contributed by atoms with E-state index in [4.69, 9.17) is 80.0 Å². The van der Waals surface area contributed by atoms with Crippen molar-refractivity contribution in [1.82, 2.24) is 24.0 Å². The Morgan fingerprint density at radius 2 is 0.927 bits per heavy atom. The molecular weight excluding hydrogens is 1230 g/mol. The molecular formula is C54H70Cl4N6O14S4. The summed E-state index contributed by atoms with van der Waals surface area (Å²) in [5.74, 6) is -0.248. The molecule has 0 fully saturated rings. The maximum atomic E-state index is 13.2. The second-order valence-electron chi connectivity index (χ2n) is 20.0. The number of likely N-dealkylation sites (N-methyl/N-ethyl adjacent to an activating group) is 2. The van der Waals surface area contributed by atoms with Crippen LogP contribution in [0.25, 0.3) is 0 Å². The summed E-state index contributed by atoms with van der Waals surface area (Å²) in [4.78, 5) is 4.35. The van der Waals surface area contributed by atoms with Crippen LogP contribution in [0.3, 0.4) is 0 Å². The molecule has 3 atom stereocenters. The number of nitrogens with zero attached hydrogens (tertiary/aromatic N) is 2. The lowest BCUT2D eigenvalue weighted by Crippen LogP contribution is -2.45. The highest BCUT2D eigenvalue weighted by Crippen LogP contribution is 2.41. The van der Waals surface area contributed by atoms with E-state index in [0.29, 0.717) is 46.3 Å². The number of rotatable bonds is 33. The van der Waals surface area contributed by atoms with Gasteiger partial charge in [-0.3, -0.25) is 0 Å². The van der Waals surface area contributed by atoms with Gasteiger partial charge in [0.1, 0.15) is 4.75 Å². The first-order valence-electron chi connectivity index (χ1n) is 26.4. The predicted octanol–water partition coefficient (Wildman–Crippen LogP) is 5.99. The van der Waals surface area contributed by atoms with Gasteiger partial charge in [0, 0.05) is 90.8 Å². The van der Waals surface area contributed by atoms with E-state index in [2.05, 4.69) is 24.0 Å². The summed E-state index contributed by atoms with van der Waals surface area (Å²) in [5.41, 5.74) is 5.53. The zero-order chi connectivity index (χ0) is 59.1. The highest BCUT2D eigenvalue weighted by Gasteiger charge is 2.43. The van der Waals surface area contributed by atoms with Gasteiger partial charge in [-0.2, -0.15) is 0 Å². The average Bonchev–Trinajstić information content (AvgIpc) is 3.44. The van der Waals surface area contributed by atoms with Crippen LogP contribution in [-0.2, 0) is 81.6 Å². The number of nitrogens with two attached hydrogens (primary N) is 1. The number of nitrogens with one attached hydrogen (secondary N) is 3. The number of ether oxygens (including phenoxy) is 6. The van der Waals surface area contributed by atoms with Gasteiger partial charge in [-0.1, -0.05) is 82.8 Å². The number of hydrogen-bond acceptors (Lipinski definition) is 16. The Morgan fingerprint density at radius 3 is 1.34 bits per heavy atom. The van der Waals surface area contributed by atoms with Crippen LogP contribution in [0.2, 0.25) is 20.1 Å². The van der Waals surface area contributed by atoms with Crippen LogP contribution < -0.4 is 19.3 Å². The summed E-state index contributed by atoms with van der Waals surface area (Å²) < 4.78 is 144. The molecule has 4 aromatic rings. The largest absolute Gasteiger partial charge is 0.379 e. The molecule has 20 nitrogen and oxygen atoms in total. The summed E-state index contributed by atoms with van der Waals surface area (Å²) in [6, 6.07) is 20.8. The van der Waals surface area contributed by atoms with E-state index in [1.165, 1.54) is 24.3 Å². The zero-order valence-electron chi connectivity index (χ0n) is 45.5. The first-order valence-corrected chi connectivity index (χ1v) is 33.9. The molecule has 0 bridgehead atoms. The molecule has 1 aliphatic carbocycles. The van der Waals surface area contributed by atoms with Gasteiger partial charge in [0.25, 0.3) is 0 Å². The molecule has 3 aliphatic rings. The van der Waals surface area contributed by atoms with Crippen molar-refractivity contribution in [3.8, 4) is 0 Å². The van der Waals surface area contributed by atoms with E-state index < -0.39 is 51.3 Å². The third-order valence-corrected chi connectivity index (χ3v) is 21.2. The van der Waals surface area contributed by atoms with E-state index >= 15 is 0 Å². The topological polar surface area (TPSA) is 261 Å². The number of benzene rings is 4. The highest BCUT2D eigenvalue weighted by molar-refractivity contribution is 7.93. The standard InChI is InChI=1S/C54H70Cl4N6O14S4/c1-63-35-48(46-30-41(55)32-52(57)50(46)37-63)39-6-3-8-43(28-39)79(65,66)60-13-17-74-21-25-77-24-20-73-16-12-54(82(59,71)72)11-5-10-45(34-54)81(69,70)62-15-19-76-23-27-78-26-22-75-18-14-61-80(67,68)44-9-4-7-40(29-44)49-36-64(2)38-51-47(49)31-42(56)33-53(51)58/h3-11,28-33,48-49,60-62H,12-27,34-38H2,1-2H3,(H2,59,71,72). The normalized spacial score (nSPS) is 19.0. The highest BCUT2D eigenvalue weighted by atomic mass is 35.5. The summed E-state index contributed by atoms with van der Waals surface area (Å²) in [5, 5.41) is 7.85. The van der Waals surface area contributed by atoms with Gasteiger partial charge in [0.05, 0.1) is 87.4 Å². The Bertz CT molecular complexity index is 3360. The zero-order valence-corrected chi connectivity index (χ0v) is 51.8. The van der Waals surface area contributed by atoms with Crippen LogP contribution in [0.15, 0.2) is 106 Å². The maximum absolute atomic E-state index is 13.2. The number of hydrogen-bond donors (Lipinski definition) is 4. The number of halogens is 4. The molecule has 28 heteroatoms. The third kappa shape index (κ3) is 18.4. The molecule has 3 unspecified atom stereocenters. The molecule has 0 saturated carbocycles. The lowest BCUT2D eigenvalue weighted by Gasteiger charge is -2.33. The van der Waals surface area contributed by atoms with Gasteiger partial charge in [-0.05, 0) is 109 Å². The van der Waals surface area contributed by atoms with Crippen molar-refractivity contribution >= 4 is 86.5 Å². The van der Waals surface area contributed by atoms with E-state index in [0.717, 1.165) is 33.4 Å². The van der Waals surface area contributed by atoms with Gasteiger partial charge < -0.3 is 38.2 Å². The molecule has 4 aromatic carbocycles. The van der Waals surface area contributed by atoms with Crippen LogP contribution >= 0.6 is 46.4 Å². The molecule has 7 rings (SSSR count). The van der Waals surface area contributed by atoms with Crippen LogP contribution in [0, 0.1) is 0 Å². The van der Waals surface area contributed by atoms with E-state index in [9.17, 15) is 33.7 Å². The van der Waals surface area contributed by atoms with Crippen LogP contribution in [0.5, 0.6) is 0 Å². The molecule has 0 aromatic heterocycles. The fourth-order valence-corrected chi connectivity index (χ4v) is 15.4. The molecule has 0 saturated heterocycles. The second kappa shape index (κ2) is 30.5. The van der Waals surface area contributed by atoms with Gasteiger partial charge >= 0.3 is 0 Å². The smallest absolute Gasteiger partial charge is 0.240 e. The van der Waals surface area contributed by atoms with Crippen LogP contribution in [0.4, 0.5) is 0 Å². The van der Waals surface area contributed by atoms with E-state index in [1.54, 1.807) is 42.5 Å². The fraction of sp³-hybridized carbons (Fsp3) is 0.481. The second-order valence-corrected chi connectivity index (χ2v) is 28.9. The summed E-state index contributed by atoms with van der Waals surface area (Å²) >= 11 is 25.7. The van der Waals surface area contributed by atoms with Crippen molar-refractivity contribution in [2.24, 2.45) is 5.14 Å². The molecule has 5 N–H and O–H groups in total. The number of sulfonamides is 4. The van der Waals surface area contributed by atoms with Crippen LogP contribution in [0.1, 0.15) is 58.1 Å². The Labute approximate surface area is 502 Å². The minimum absolute atomic E-state index is 0.00201. The molecule has 2 heterocycles. The van der Waals surface area contributed by atoms with Crippen molar-refractivity contribution < 1.29 is 62.1 Å². The molecule has 82 heavy (non-hydrogen) atoms. The molecule has 452 valence electrons. The Morgan fingerprint density at radius 1 is 0.537 bits per heavy atom. The minimum Gasteiger partial charge on any atom is -0.379 e. The van der Waals surface area contributed by atoms with Crippen LogP contribution in [-0.4, -0.2) is 174 Å². The number of fused-ring (bicyclic) bond motifs is 2. The Hall–Kier alpha value is -3.16. The average molecular weight is 1300 g/mol. The van der Waals surface area contributed by atoms with Crippen molar-refractivity contribution in [2.45, 2.75) is 52.3 Å². The predicted molar refractivity (Wildman–Crippen MR) is 317 cm³/mol. The van der Waals surface area contributed by atoms with Crippen molar-refractivity contribution in [1.29, 1.82) is 0 Å². The maximum Gasteiger partial charge on any atom is 0.240 e. The fourth-order valence-electron chi connectivity index (χ4n) is 9.83. The van der Waals surface area contributed by atoms with Gasteiger partial charge in [-0.15, -0.1) is 0 Å². The van der Waals surface area contributed by atoms with Gasteiger partial charge in [-0.25, -0.2) is 53.0 Å². The SMILES string of the molecule is CN1Cc2c(Cl)cc(Cl)cc2C(c2cccc(S(=O)(=O)NCCOCCOCCOCCNS(=O)(=O)C3=CC=CC(CCOCCOCCOCCNS(=O)(=O)c4cccc(C5CN(C)Cc6c(Cl)cc(Cl)cc65)c4)(S(N)(=O)=O)C3)c2)C1. The summed E-state index contributed by atoms with van der Waals surface area (Å²) in [7, 11) is -12.1. The summed E-state index contributed by atoms with van der Waals surface area (Å²) in [6.07, 6.45) is 3.49. The van der Waals surface area contributed by atoms with E-state index in [1.807, 2.05) is 38.4 Å². The van der Waals surface area contributed by atoms with Crippen molar-refractivity contribution in [2.75, 3.05) is 126 Å². The molecule has 0 amide bonds. The quantitative estimate of drug-likeness (QED) is 0.0399. The first-order chi connectivity index (χ1) is 39.0. The molecule has 0 radical (unpaired) electrons. The number of primary sulfonamides is 1. The first kappa shape index (κ1) is 66.4. The molecule has 2 aliphatic heterocycles. The third-order valence-electron chi connectivity index (χ3n) is 14.0. The van der Waals surface area contributed by atoms with Gasteiger partial charge in [0.15, 0.2) is 0 Å². The lowest BCUT2D eigenvalue weighted by molar-refractivity contribution is 0.0144. The Kier molecular flexibility index (Phi) is 24.7. The lowest BCUT2D eigenvalue weighted by atomic mass is 9.85. The monoisotopic (exact) mass is 1290 g/mol. The Balaban J connectivity index is 0.708. The minimum atomic E-state index is -4.30. The molecule has 0 spiro atoms. The summed E-state index contributed by atoms with van der Waals surface area (Å²) in [6.45, 7) is 4.07. The van der Waals surface area contributed by atoms with E-state index in [-0.39, 0.29) is 132 Å². The number of allylic oxidation sites excluding steroid dienone is 3. The van der Waals surface area contributed by atoms with Gasteiger partial charge in [0.2, 0.25) is 40.1 Å². The van der Waals surface area contributed by atoms with Crippen molar-refractivity contribution in [3.05, 3.63) is 149 Å².